The van der Waals surface area contributed by atoms with Gasteiger partial charge in [0.1, 0.15) is 12.4 Å². The number of hydrogen-bond acceptors (Lipinski definition) is 5. The first-order valence-corrected chi connectivity index (χ1v) is 10.1. The SMILES string of the molecule is O=C(C(Cc1ccccc1)n1cnnn1)N1CCN(CCc2ccccc2)CC1. The summed E-state index contributed by atoms with van der Waals surface area (Å²) >= 11 is 0. The van der Waals surface area contributed by atoms with Gasteiger partial charge in [-0.3, -0.25) is 9.69 Å². The largest absolute Gasteiger partial charge is 0.338 e. The molecular weight excluding hydrogens is 364 g/mol. The Labute approximate surface area is 170 Å². The molecule has 1 aliphatic heterocycles. The number of benzene rings is 2. The highest BCUT2D eigenvalue weighted by atomic mass is 16.2. The van der Waals surface area contributed by atoms with Gasteiger partial charge in [-0.05, 0) is 28.0 Å². The maximum atomic E-state index is 13.3. The summed E-state index contributed by atoms with van der Waals surface area (Å²) in [6.07, 6.45) is 3.15. The molecule has 150 valence electrons. The van der Waals surface area contributed by atoms with Crippen LogP contribution in [0.25, 0.3) is 0 Å². The average molecular weight is 390 g/mol. The normalized spacial score (nSPS) is 15.9. The van der Waals surface area contributed by atoms with Crippen molar-refractivity contribution < 1.29 is 4.79 Å². The van der Waals surface area contributed by atoms with Gasteiger partial charge >= 0.3 is 0 Å². The minimum Gasteiger partial charge on any atom is -0.338 e. The number of hydrogen-bond donors (Lipinski definition) is 0. The van der Waals surface area contributed by atoms with E-state index in [1.165, 1.54) is 11.9 Å². The van der Waals surface area contributed by atoms with Crippen LogP contribution >= 0.6 is 0 Å². The maximum absolute atomic E-state index is 13.3. The maximum Gasteiger partial charge on any atom is 0.248 e. The average Bonchev–Trinajstić information content (AvgIpc) is 3.32. The van der Waals surface area contributed by atoms with Crippen LogP contribution in [0.5, 0.6) is 0 Å². The molecule has 7 heteroatoms. The summed E-state index contributed by atoms with van der Waals surface area (Å²) in [6.45, 7) is 4.28. The van der Waals surface area contributed by atoms with E-state index in [0.29, 0.717) is 6.42 Å². The van der Waals surface area contributed by atoms with Gasteiger partial charge < -0.3 is 4.90 Å². The number of aromatic nitrogens is 4. The molecule has 1 atom stereocenters. The van der Waals surface area contributed by atoms with Gasteiger partial charge in [0, 0.05) is 39.1 Å². The second-order valence-electron chi connectivity index (χ2n) is 7.40. The fourth-order valence-electron chi connectivity index (χ4n) is 3.78. The summed E-state index contributed by atoms with van der Waals surface area (Å²) in [5.41, 5.74) is 2.45. The quantitative estimate of drug-likeness (QED) is 0.616. The first-order valence-electron chi connectivity index (χ1n) is 10.1. The van der Waals surface area contributed by atoms with E-state index in [1.807, 2.05) is 41.3 Å². The van der Waals surface area contributed by atoms with Crippen molar-refractivity contribution in [2.45, 2.75) is 18.9 Å². The van der Waals surface area contributed by atoms with Crippen LogP contribution < -0.4 is 0 Å². The van der Waals surface area contributed by atoms with Crippen LogP contribution in [-0.2, 0) is 17.6 Å². The van der Waals surface area contributed by atoms with Crippen LogP contribution in [0.4, 0.5) is 0 Å². The van der Waals surface area contributed by atoms with E-state index in [1.54, 1.807) is 4.68 Å². The number of piperazine rings is 1. The molecule has 1 unspecified atom stereocenters. The minimum atomic E-state index is -0.414. The third kappa shape index (κ3) is 5.06. The van der Waals surface area contributed by atoms with Crippen LogP contribution in [-0.4, -0.2) is 68.6 Å². The van der Waals surface area contributed by atoms with Crippen LogP contribution in [0.1, 0.15) is 17.2 Å². The molecule has 7 nitrogen and oxygen atoms in total. The Hall–Kier alpha value is -3.06. The second kappa shape index (κ2) is 9.43. The topological polar surface area (TPSA) is 67.2 Å². The summed E-state index contributed by atoms with van der Waals surface area (Å²) in [6, 6.07) is 20.2. The number of rotatable bonds is 7. The van der Waals surface area contributed by atoms with Crippen LogP contribution in [0.2, 0.25) is 0 Å². The number of nitrogens with zero attached hydrogens (tertiary/aromatic N) is 6. The first kappa shape index (κ1) is 19.3. The Balaban J connectivity index is 1.35. The molecule has 0 radical (unpaired) electrons. The fourth-order valence-corrected chi connectivity index (χ4v) is 3.78. The molecule has 4 rings (SSSR count). The van der Waals surface area contributed by atoms with Gasteiger partial charge in [-0.1, -0.05) is 60.7 Å². The molecule has 1 aromatic heterocycles. The molecule has 0 bridgehead atoms. The van der Waals surface area contributed by atoms with Gasteiger partial charge in [-0.2, -0.15) is 0 Å². The van der Waals surface area contributed by atoms with Crippen molar-refractivity contribution in [1.82, 2.24) is 30.0 Å². The molecule has 1 aliphatic rings. The van der Waals surface area contributed by atoms with Crippen molar-refractivity contribution in [1.29, 1.82) is 0 Å². The Morgan fingerprint density at radius 1 is 0.897 bits per heavy atom. The molecule has 3 aromatic rings. The van der Waals surface area contributed by atoms with Gasteiger partial charge in [0.25, 0.3) is 0 Å². The molecule has 1 amide bonds. The van der Waals surface area contributed by atoms with E-state index in [0.717, 1.165) is 44.7 Å². The molecule has 0 N–H and O–H groups in total. The molecule has 29 heavy (non-hydrogen) atoms. The summed E-state index contributed by atoms with van der Waals surface area (Å²) < 4.78 is 1.58. The minimum absolute atomic E-state index is 0.0869. The smallest absolute Gasteiger partial charge is 0.248 e. The Kier molecular flexibility index (Phi) is 6.26. The standard InChI is InChI=1S/C22H26N6O/c29-22(21(28-18-23-24-25-28)17-20-9-5-2-6-10-20)27-15-13-26(14-16-27)12-11-19-7-3-1-4-8-19/h1-10,18,21H,11-17H2. The Morgan fingerprint density at radius 3 is 2.17 bits per heavy atom. The zero-order valence-electron chi connectivity index (χ0n) is 16.5. The lowest BCUT2D eigenvalue weighted by Gasteiger charge is -2.36. The fraction of sp³-hybridized carbons (Fsp3) is 0.364. The van der Waals surface area contributed by atoms with Crippen molar-refractivity contribution in [2.75, 3.05) is 32.7 Å². The number of carbonyl (C=O) groups excluding carboxylic acids is 1. The third-order valence-electron chi connectivity index (χ3n) is 5.48. The van der Waals surface area contributed by atoms with Crippen LogP contribution in [0, 0.1) is 0 Å². The summed E-state index contributed by atoms with van der Waals surface area (Å²) in [5.74, 6) is 0.0869. The van der Waals surface area contributed by atoms with Gasteiger partial charge in [0.15, 0.2) is 0 Å². The first-order chi connectivity index (χ1) is 14.3. The Morgan fingerprint density at radius 2 is 1.55 bits per heavy atom. The summed E-state index contributed by atoms with van der Waals surface area (Å²) in [4.78, 5) is 17.7. The predicted octanol–water partition coefficient (Wildman–Crippen LogP) is 1.84. The van der Waals surface area contributed by atoms with E-state index in [-0.39, 0.29) is 5.91 Å². The number of carbonyl (C=O) groups is 1. The lowest BCUT2D eigenvalue weighted by atomic mass is 10.0. The van der Waals surface area contributed by atoms with E-state index in [2.05, 4.69) is 44.7 Å². The van der Waals surface area contributed by atoms with E-state index in [4.69, 9.17) is 0 Å². The Bertz CT molecular complexity index is 876. The molecule has 2 heterocycles. The molecule has 0 aliphatic carbocycles. The van der Waals surface area contributed by atoms with Gasteiger partial charge in [-0.15, -0.1) is 5.10 Å². The van der Waals surface area contributed by atoms with Crippen LogP contribution in [0.15, 0.2) is 67.0 Å². The van der Waals surface area contributed by atoms with Crippen molar-refractivity contribution in [2.24, 2.45) is 0 Å². The van der Waals surface area contributed by atoms with Crippen molar-refractivity contribution in [3.05, 3.63) is 78.1 Å². The van der Waals surface area contributed by atoms with E-state index in [9.17, 15) is 4.79 Å². The molecular formula is C22H26N6O. The van der Waals surface area contributed by atoms with Gasteiger partial charge in [0.05, 0.1) is 0 Å². The van der Waals surface area contributed by atoms with Crippen molar-refractivity contribution in [3.8, 4) is 0 Å². The lowest BCUT2D eigenvalue weighted by Crippen LogP contribution is -2.51. The number of amides is 1. The molecule has 1 fully saturated rings. The highest BCUT2D eigenvalue weighted by Gasteiger charge is 2.29. The molecule has 0 spiro atoms. The molecule has 1 saturated heterocycles. The zero-order chi connectivity index (χ0) is 19.9. The van der Waals surface area contributed by atoms with E-state index < -0.39 is 6.04 Å². The monoisotopic (exact) mass is 390 g/mol. The number of tetrazole rings is 1. The molecule has 0 saturated carbocycles. The molecule has 2 aromatic carbocycles. The van der Waals surface area contributed by atoms with Crippen molar-refractivity contribution in [3.63, 3.8) is 0 Å². The lowest BCUT2D eigenvalue weighted by molar-refractivity contribution is -0.136. The third-order valence-corrected chi connectivity index (χ3v) is 5.48. The second-order valence-corrected chi connectivity index (χ2v) is 7.40. The summed E-state index contributed by atoms with van der Waals surface area (Å²) in [5, 5.41) is 11.5. The summed E-state index contributed by atoms with van der Waals surface area (Å²) in [7, 11) is 0. The highest BCUT2D eigenvalue weighted by molar-refractivity contribution is 5.80. The van der Waals surface area contributed by atoms with Gasteiger partial charge in [-0.25, -0.2) is 4.68 Å². The van der Waals surface area contributed by atoms with Gasteiger partial charge in [0.2, 0.25) is 5.91 Å². The highest BCUT2D eigenvalue weighted by Crippen LogP contribution is 2.17. The predicted molar refractivity (Wildman–Crippen MR) is 110 cm³/mol. The van der Waals surface area contributed by atoms with Crippen molar-refractivity contribution >= 4 is 5.91 Å². The van der Waals surface area contributed by atoms with Crippen LogP contribution in [0.3, 0.4) is 0 Å². The van der Waals surface area contributed by atoms with E-state index >= 15 is 0 Å². The zero-order valence-corrected chi connectivity index (χ0v) is 16.5.